The van der Waals surface area contributed by atoms with E-state index < -0.39 is 0 Å². The summed E-state index contributed by atoms with van der Waals surface area (Å²) in [4.78, 5) is 29.5. The molecular weight excluding hydrogens is 396 g/mol. The number of benzene rings is 2. The van der Waals surface area contributed by atoms with Gasteiger partial charge in [-0.05, 0) is 37.3 Å². The first-order valence-electron chi connectivity index (χ1n) is 9.19. The van der Waals surface area contributed by atoms with E-state index in [-0.39, 0.29) is 23.7 Å². The molecule has 0 bridgehead atoms. The third kappa shape index (κ3) is 5.66. The van der Waals surface area contributed by atoms with E-state index in [9.17, 15) is 9.59 Å². The fraction of sp³-hybridized carbons (Fsp3) is 0.333. The summed E-state index contributed by atoms with van der Waals surface area (Å²) < 4.78 is 5.24. The van der Waals surface area contributed by atoms with Crippen LogP contribution in [0.1, 0.15) is 6.92 Å². The van der Waals surface area contributed by atoms with Crippen LogP contribution in [-0.4, -0.2) is 54.8 Å². The van der Waals surface area contributed by atoms with Gasteiger partial charge in [-0.3, -0.25) is 9.59 Å². The van der Waals surface area contributed by atoms with Gasteiger partial charge in [0.1, 0.15) is 5.25 Å². The molecule has 28 heavy (non-hydrogen) atoms. The van der Waals surface area contributed by atoms with Crippen molar-refractivity contribution in [3.8, 4) is 0 Å². The highest BCUT2D eigenvalue weighted by atomic mass is 35.5. The molecule has 1 heterocycles. The monoisotopic (exact) mass is 418 g/mol. The molecule has 0 unspecified atom stereocenters. The van der Waals surface area contributed by atoms with Crippen molar-refractivity contribution in [2.75, 3.05) is 37.7 Å². The predicted octanol–water partition coefficient (Wildman–Crippen LogP) is 3.71. The van der Waals surface area contributed by atoms with Gasteiger partial charge in [-0.15, -0.1) is 11.8 Å². The van der Waals surface area contributed by atoms with E-state index >= 15 is 0 Å². The molecule has 0 N–H and O–H groups in total. The molecule has 7 heteroatoms. The average Bonchev–Trinajstić information content (AvgIpc) is 2.72. The molecule has 1 aliphatic heterocycles. The first kappa shape index (κ1) is 20.6. The number of nitrogens with zero attached hydrogens (tertiary/aromatic N) is 2. The summed E-state index contributed by atoms with van der Waals surface area (Å²) in [6.45, 7) is 4.21. The van der Waals surface area contributed by atoms with Crippen LogP contribution in [-0.2, 0) is 14.3 Å². The fourth-order valence-corrected chi connectivity index (χ4v) is 4.05. The summed E-state index contributed by atoms with van der Waals surface area (Å²) in [5.41, 5.74) is 1.05. The molecule has 0 spiro atoms. The average molecular weight is 419 g/mol. The van der Waals surface area contributed by atoms with Crippen molar-refractivity contribution in [1.29, 1.82) is 0 Å². The summed E-state index contributed by atoms with van der Waals surface area (Å²) in [7, 11) is 0. The van der Waals surface area contributed by atoms with Crippen LogP contribution in [0.15, 0.2) is 59.5 Å². The number of hydrogen-bond donors (Lipinski definition) is 0. The fourth-order valence-electron chi connectivity index (χ4n) is 2.98. The molecule has 2 aromatic rings. The Morgan fingerprint density at radius 3 is 2.46 bits per heavy atom. The smallest absolute Gasteiger partial charge is 0.319 e. The maximum Gasteiger partial charge on any atom is 0.319 e. The van der Waals surface area contributed by atoms with E-state index in [0.717, 1.165) is 23.7 Å². The van der Waals surface area contributed by atoms with E-state index in [2.05, 4.69) is 4.90 Å². The van der Waals surface area contributed by atoms with Crippen LogP contribution in [0.25, 0.3) is 0 Å². The molecule has 0 aromatic heterocycles. The molecule has 0 saturated carbocycles. The molecule has 1 fully saturated rings. The van der Waals surface area contributed by atoms with Crippen LogP contribution in [0.3, 0.4) is 0 Å². The number of esters is 1. The van der Waals surface area contributed by atoms with Crippen molar-refractivity contribution in [2.24, 2.45) is 0 Å². The first-order chi connectivity index (χ1) is 13.5. The Hall–Kier alpha value is -2.18. The number of rotatable bonds is 6. The summed E-state index contributed by atoms with van der Waals surface area (Å²) >= 11 is 7.47. The van der Waals surface area contributed by atoms with Gasteiger partial charge in [0, 0.05) is 41.8 Å². The second-order valence-electron chi connectivity index (χ2n) is 6.53. The minimum Gasteiger partial charge on any atom is -0.455 e. The van der Waals surface area contributed by atoms with Crippen molar-refractivity contribution < 1.29 is 14.3 Å². The highest BCUT2D eigenvalue weighted by molar-refractivity contribution is 8.00. The third-order valence-electron chi connectivity index (χ3n) is 4.53. The Morgan fingerprint density at radius 1 is 1.07 bits per heavy atom. The molecule has 5 nitrogen and oxygen atoms in total. The predicted molar refractivity (Wildman–Crippen MR) is 113 cm³/mol. The van der Waals surface area contributed by atoms with Crippen LogP contribution in [0.4, 0.5) is 5.69 Å². The molecule has 1 aliphatic rings. The molecule has 1 atom stereocenters. The third-order valence-corrected chi connectivity index (χ3v) is 5.86. The van der Waals surface area contributed by atoms with Gasteiger partial charge in [-0.2, -0.15) is 0 Å². The highest BCUT2D eigenvalue weighted by Crippen LogP contribution is 2.23. The van der Waals surface area contributed by atoms with Crippen molar-refractivity contribution >= 4 is 40.9 Å². The normalized spacial score (nSPS) is 15.2. The molecule has 0 aliphatic carbocycles. The van der Waals surface area contributed by atoms with Crippen LogP contribution in [0, 0.1) is 0 Å². The van der Waals surface area contributed by atoms with Gasteiger partial charge in [0.25, 0.3) is 5.91 Å². The Bertz CT molecular complexity index is 810. The number of piperazine rings is 1. The minimum atomic E-state index is -0.375. The number of halogens is 1. The van der Waals surface area contributed by atoms with Crippen molar-refractivity contribution in [2.45, 2.75) is 17.1 Å². The van der Waals surface area contributed by atoms with Gasteiger partial charge in [0.2, 0.25) is 0 Å². The summed E-state index contributed by atoms with van der Waals surface area (Å²) in [5.74, 6) is -0.532. The van der Waals surface area contributed by atoms with E-state index in [1.54, 1.807) is 11.8 Å². The zero-order valence-electron chi connectivity index (χ0n) is 15.7. The number of carbonyl (C=O) groups excluding carboxylic acids is 2. The zero-order chi connectivity index (χ0) is 19.9. The van der Waals surface area contributed by atoms with Crippen molar-refractivity contribution in [3.05, 3.63) is 59.6 Å². The van der Waals surface area contributed by atoms with Crippen LogP contribution < -0.4 is 4.90 Å². The topological polar surface area (TPSA) is 49.9 Å². The molecular formula is C21H23ClN2O3S. The van der Waals surface area contributed by atoms with E-state index in [1.807, 2.05) is 54.6 Å². The molecule has 2 aromatic carbocycles. The number of ether oxygens (including phenoxy) is 1. The molecule has 1 saturated heterocycles. The van der Waals surface area contributed by atoms with Gasteiger partial charge in [-0.1, -0.05) is 35.9 Å². The lowest BCUT2D eigenvalue weighted by Crippen LogP contribution is -2.50. The summed E-state index contributed by atoms with van der Waals surface area (Å²) in [6.07, 6.45) is 0. The number of carbonyl (C=O) groups is 2. The second kappa shape index (κ2) is 9.85. The Morgan fingerprint density at radius 2 is 1.79 bits per heavy atom. The zero-order valence-corrected chi connectivity index (χ0v) is 17.3. The number of amides is 1. The lowest BCUT2D eigenvalue weighted by atomic mass is 10.2. The van der Waals surface area contributed by atoms with Crippen molar-refractivity contribution in [3.63, 3.8) is 0 Å². The number of thioether (sulfide) groups is 1. The summed E-state index contributed by atoms with van der Waals surface area (Å²) in [6, 6.07) is 17.4. The largest absolute Gasteiger partial charge is 0.455 e. The van der Waals surface area contributed by atoms with E-state index in [0.29, 0.717) is 18.1 Å². The Kier molecular flexibility index (Phi) is 7.23. The van der Waals surface area contributed by atoms with Crippen molar-refractivity contribution in [1.82, 2.24) is 4.90 Å². The lowest BCUT2D eigenvalue weighted by molar-refractivity contribution is -0.151. The molecule has 1 amide bonds. The SMILES string of the molecule is C[C@@H](Sc1ccccc1)C(=O)OCC(=O)N1CCN(c2cccc(Cl)c2)CC1. The standard InChI is InChI=1S/C21H23ClN2O3S/c1-16(28-19-8-3-2-4-9-19)21(26)27-15-20(25)24-12-10-23(11-13-24)18-7-5-6-17(22)14-18/h2-9,14,16H,10-13,15H2,1H3/t16-/m1/s1. The Labute approximate surface area is 174 Å². The lowest BCUT2D eigenvalue weighted by Gasteiger charge is -2.36. The number of hydrogen-bond acceptors (Lipinski definition) is 5. The van der Waals surface area contributed by atoms with E-state index in [4.69, 9.17) is 16.3 Å². The quantitative estimate of drug-likeness (QED) is 0.528. The highest BCUT2D eigenvalue weighted by Gasteiger charge is 2.23. The minimum absolute atomic E-state index is 0.156. The van der Waals surface area contributed by atoms with E-state index in [1.165, 1.54) is 11.8 Å². The van der Waals surface area contributed by atoms with Gasteiger partial charge < -0.3 is 14.5 Å². The maximum atomic E-state index is 12.4. The van der Waals surface area contributed by atoms with Crippen LogP contribution >= 0.6 is 23.4 Å². The van der Waals surface area contributed by atoms with Gasteiger partial charge in [0.05, 0.1) is 0 Å². The van der Waals surface area contributed by atoms with Gasteiger partial charge in [-0.25, -0.2) is 0 Å². The van der Waals surface area contributed by atoms with Gasteiger partial charge in [0.15, 0.2) is 6.61 Å². The molecule has 3 rings (SSSR count). The summed E-state index contributed by atoms with van der Waals surface area (Å²) in [5, 5.41) is 0.334. The maximum absolute atomic E-state index is 12.4. The second-order valence-corrected chi connectivity index (χ2v) is 8.38. The van der Waals surface area contributed by atoms with Gasteiger partial charge >= 0.3 is 5.97 Å². The van der Waals surface area contributed by atoms with Crippen LogP contribution in [0.5, 0.6) is 0 Å². The molecule has 148 valence electrons. The number of anilines is 1. The van der Waals surface area contributed by atoms with Crippen LogP contribution in [0.2, 0.25) is 5.02 Å². The molecule has 0 radical (unpaired) electrons. The first-order valence-corrected chi connectivity index (χ1v) is 10.5. The Balaban J connectivity index is 1.42.